The van der Waals surface area contributed by atoms with Crippen LogP contribution in [0.4, 0.5) is 0 Å². The molecular formula is C17H36O5Si. The van der Waals surface area contributed by atoms with Crippen molar-refractivity contribution in [3.05, 3.63) is 12.7 Å². The maximum Gasteiger partial charge on any atom is 0.368 e. The molecule has 6 heteroatoms. The molecule has 0 bridgehead atoms. The van der Waals surface area contributed by atoms with Gasteiger partial charge in [0.05, 0.1) is 7.11 Å². The monoisotopic (exact) mass is 348 g/mol. The molecule has 1 unspecified atom stereocenters. The lowest BCUT2D eigenvalue weighted by Gasteiger charge is -2.39. The molecule has 0 spiro atoms. The topological polar surface area (TPSA) is 54.0 Å². The van der Waals surface area contributed by atoms with Crippen LogP contribution in [0.25, 0.3) is 0 Å². The second-order valence-electron chi connectivity index (χ2n) is 4.59. The third-order valence-corrected chi connectivity index (χ3v) is 7.29. The average Bonchev–Trinajstić information content (AvgIpc) is 2.59. The highest BCUT2D eigenvalue weighted by Gasteiger charge is 2.48. The third-order valence-electron chi connectivity index (χ3n) is 3.25. The van der Waals surface area contributed by atoms with Crippen molar-refractivity contribution in [1.29, 1.82) is 0 Å². The zero-order valence-electron chi connectivity index (χ0n) is 15.9. The minimum absolute atomic E-state index is 0.246. The van der Waals surface area contributed by atoms with Gasteiger partial charge in [-0.2, -0.15) is 0 Å². The van der Waals surface area contributed by atoms with Gasteiger partial charge in [0.15, 0.2) is 0 Å². The predicted molar refractivity (Wildman–Crippen MR) is 96.6 cm³/mol. The molecule has 1 rings (SSSR count). The van der Waals surface area contributed by atoms with E-state index in [1.807, 2.05) is 34.6 Å². The van der Waals surface area contributed by atoms with Crippen molar-refractivity contribution in [2.75, 3.05) is 26.9 Å². The van der Waals surface area contributed by atoms with Gasteiger partial charge in [0.1, 0.15) is 5.73 Å². The van der Waals surface area contributed by atoms with Crippen LogP contribution >= 0.6 is 0 Å². The molecule has 1 heterocycles. The summed E-state index contributed by atoms with van der Waals surface area (Å²) in [5, 5.41) is 0. The molecule has 0 saturated carbocycles. The van der Waals surface area contributed by atoms with Crippen LogP contribution in [0.3, 0.4) is 0 Å². The Labute approximate surface area is 143 Å². The first-order valence-corrected chi connectivity index (χ1v) is 10.8. The summed E-state index contributed by atoms with van der Waals surface area (Å²) >= 11 is 0. The Morgan fingerprint density at radius 3 is 2.04 bits per heavy atom. The largest absolute Gasteiger partial charge is 0.466 e. The minimum Gasteiger partial charge on any atom is -0.466 e. The van der Waals surface area contributed by atoms with Gasteiger partial charge in [-0.25, -0.2) is 4.79 Å². The van der Waals surface area contributed by atoms with Crippen LogP contribution in [0.1, 0.15) is 53.9 Å². The summed E-state index contributed by atoms with van der Waals surface area (Å²) in [6.07, 6.45) is 4.70. The Bertz CT molecular complexity index is 283. The number of methoxy groups -OCH3 is 1. The molecule has 0 amide bonds. The first-order chi connectivity index (χ1) is 11.1. The number of hydrogen-bond acceptors (Lipinski definition) is 5. The summed E-state index contributed by atoms with van der Waals surface area (Å²) in [4.78, 5) is 9.84. The molecule has 0 radical (unpaired) electrons. The molecule has 0 aromatic carbocycles. The first kappa shape index (κ1) is 24.6. The molecule has 23 heavy (non-hydrogen) atoms. The highest BCUT2D eigenvalue weighted by Crippen LogP contribution is 2.32. The van der Waals surface area contributed by atoms with Gasteiger partial charge in [0.25, 0.3) is 0 Å². The average molecular weight is 349 g/mol. The Hall–Kier alpha value is -0.693. The molecule has 0 aliphatic carbocycles. The number of rotatable bonds is 7. The smallest absolute Gasteiger partial charge is 0.368 e. The second kappa shape index (κ2) is 16.2. The number of carbonyl (C=O) groups is 1. The summed E-state index contributed by atoms with van der Waals surface area (Å²) in [6, 6.07) is 1.10. The number of ether oxygens (including phenoxy) is 2. The Morgan fingerprint density at radius 1 is 1.13 bits per heavy atom. The van der Waals surface area contributed by atoms with E-state index in [1.165, 1.54) is 20.0 Å². The van der Waals surface area contributed by atoms with E-state index in [9.17, 15) is 4.79 Å². The summed E-state index contributed by atoms with van der Waals surface area (Å²) in [5.74, 6) is -0.394. The molecule has 0 N–H and O–H groups in total. The van der Waals surface area contributed by atoms with Crippen molar-refractivity contribution < 1.29 is 23.1 Å². The van der Waals surface area contributed by atoms with Crippen LogP contribution in [-0.4, -0.2) is 47.2 Å². The van der Waals surface area contributed by atoms with Gasteiger partial charge in [-0.1, -0.05) is 33.3 Å². The second-order valence-corrected chi connectivity index (χ2v) is 7.94. The summed E-state index contributed by atoms with van der Waals surface area (Å²) in [6.45, 7) is 15.6. The van der Waals surface area contributed by atoms with E-state index in [0.717, 1.165) is 38.4 Å². The molecule has 1 aliphatic rings. The maximum absolute atomic E-state index is 9.84. The highest BCUT2D eigenvalue weighted by atomic mass is 28.4. The summed E-state index contributed by atoms with van der Waals surface area (Å²) < 4.78 is 21.9. The quantitative estimate of drug-likeness (QED) is 0.395. The summed E-state index contributed by atoms with van der Waals surface area (Å²) in [5.41, 5.74) is 0.246. The standard InChI is InChI=1S/C11H24O3Si.C4H6O2.C2H6/c1-4-12-11-9-7-8-10-15(11,13-5-2)14-6-3;1-3-4(5)6-2;1-2/h11H,4-10H2,1-3H3;3H,1H2,2H3;1-2H3. The normalized spacial score (nSPS) is 18.6. The van der Waals surface area contributed by atoms with Crippen LogP contribution in [0.15, 0.2) is 12.7 Å². The lowest BCUT2D eigenvalue weighted by molar-refractivity contribution is -0.134. The van der Waals surface area contributed by atoms with Crippen LogP contribution in [-0.2, 0) is 23.1 Å². The van der Waals surface area contributed by atoms with Gasteiger partial charge in [-0.15, -0.1) is 0 Å². The zero-order chi connectivity index (χ0) is 18.1. The highest BCUT2D eigenvalue weighted by molar-refractivity contribution is 6.69. The van der Waals surface area contributed by atoms with E-state index in [2.05, 4.69) is 11.3 Å². The number of carbonyl (C=O) groups excluding carboxylic acids is 1. The predicted octanol–water partition coefficient (Wildman–Crippen LogP) is 4.00. The van der Waals surface area contributed by atoms with E-state index < -0.39 is 14.5 Å². The molecule has 1 fully saturated rings. The van der Waals surface area contributed by atoms with Crippen molar-refractivity contribution in [2.24, 2.45) is 0 Å². The molecule has 0 aromatic rings. The molecule has 5 nitrogen and oxygen atoms in total. The molecule has 0 aromatic heterocycles. The Morgan fingerprint density at radius 2 is 1.70 bits per heavy atom. The third kappa shape index (κ3) is 9.91. The summed E-state index contributed by atoms with van der Waals surface area (Å²) in [7, 11) is -0.746. The van der Waals surface area contributed by atoms with Crippen LogP contribution < -0.4 is 0 Å². The fourth-order valence-electron chi connectivity index (χ4n) is 2.44. The SMILES string of the molecule is C=CC(=O)OC.CC.CCOC1CCCC[Si]1(OCC)OCC. The van der Waals surface area contributed by atoms with E-state index >= 15 is 0 Å². The zero-order valence-corrected chi connectivity index (χ0v) is 16.9. The lowest BCUT2D eigenvalue weighted by atomic mass is 10.2. The van der Waals surface area contributed by atoms with Gasteiger partial charge in [0.2, 0.25) is 0 Å². The van der Waals surface area contributed by atoms with Crippen molar-refractivity contribution in [2.45, 2.75) is 65.7 Å². The van der Waals surface area contributed by atoms with Gasteiger partial charge < -0.3 is 18.3 Å². The number of esters is 1. The molecule has 1 saturated heterocycles. The van der Waals surface area contributed by atoms with Gasteiger partial charge in [0, 0.05) is 25.9 Å². The first-order valence-electron chi connectivity index (χ1n) is 8.70. The van der Waals surface area contributed by atoms with Crippen molar-refractivity contribution in [3.63, 3.8) is 0 Å². The van der Waals surface area contributed by atoms with Gasteiger partial charge >= 0.3 is 14.5 Å². The molecule has 1 aliphatic heterocycles. The van der Waals surface area contributed by atoms with E-state index in [4.69, 9.17) is 13.6 Å². The van der Waals surface area contributed by atoms with Crippen LogP contribution in [0.2, 0.25) is 6.04 Å². The van der Waals surface area contributed by atoms with E-state index in [-0.39, 0.29) is 5.73 Å². The fraction of sp³-hybridized carbons (Fsp3) is 0.824. The van der Waals surface area contributed by atoms with Gasteiger partial charge in [-0.05, 0) is 33.2 Å². The van der Waals surface area contributed by atoms with Crippen LogP contribution in [0, 0.1) is 0 Å². The van der Waals surface area contributed by atoms with Crippen molar-refractivity contribution in [1.82, 2.24) is 0 Å². The Balaban J connectivity index is 0. The van der Waals surface area contributed by atoms with Crippen molar-refractivity contribution in [3.8, 4) is 0 Å². The van der Waals surface area contributed by atoms with Crippen LogP contribution in [0.5, 0.6) is 0 Å². The fourth-order valence-corrected chi connectivity index (χ4v) is 6.29. The number of hydrogen-bond donors (Lipinski definition) is 0. The molecule has 138 valence electrons. The Kier molecular flexibility index (Phi) is 17.3. The lowest BCUT2D eigenvalue weighted by Crippen LogP contribution is -2.56. The van der Waals surface area contributed by atoms with E-state index in [1.54, 1.807) is 0 Å². The van der Waals surface area contributed by atoms with Crippen molar-refractivity contribution >= 4 is 14.5 Å². The van der Waals surface area contributed by atoms with Gasteiger partial charge in [-0.3, -0.25) is 0 Å². The molecule has 1 atom stereocenters. The molecular weight excluding hydrogens is 312 g/mol. The minimum atomic E-state index is -2.06. The van der Waals surface area contributed by atoms with E-state index in [0.29, 0.717) is 0 Å². The maximum atomic E-state index is 9.84.